The van der Waals surface area contributed by atoms with Gasteiger partial charge < -0.3 is 10.1 Å². The summed E-state index contributed by atoms with van der Waals surface area (Å²) in [5, 5.41) is 2.98. The van der Waals surface area contributed by atoms with Crippen LogP contribution in [0.5, 0.6) is 0 Å². The Hall–Kier alpha value is -1.14. The van der Waals surface area contributed by atoms with Crippen LogP contribution in [-0.2, 0) is 14.6 Å². The van der Waals surface area contributed by atoms with Crippen LogP contribution in [0, 0.1) is 5.92 Å². The lowest BCUT2D eigenvalue weighted by Gasteiger charge is -2.10. The molecule has 0 aliphatic rings. The lowest BCUT2D eigenvalue weighted by molar-refractivity contribution is 0.118. The molecule has 0 bridgehead atoms. The number of pyridine rings is 1. The highest BCUT2D eigenvalue weighted by atomic mass is 32.2. The molecule has 0 fully saturated rings. The fraction of sp³-hybridized carbons (Fsp3) is 0.583. The topological polar surface area (TPSA) is 68.3 Å². The molecule has 102 valence electrons. The van der Waals surface area contributed by atoms with Crippen LogP contribution in [0.15, 0.2) is 23.2 Å². The molecule has 1 N–H and O–H groups in total. The summed E-state index contributed by atoms with van der Waals surface area (Å²) in [5.41, 5.74) is 0. The SMILES string of the molecule is CC(C)COCCNc1ncccc1S(C)(=O)=O. The van der Waals surface area contributed by atoms with Gasteiger partial charge in [-0.3, -0.25) is 0 Å². The molecule has 0 amide bonds. The van der Waals surface area contributed by atoms with Gasteiger partial charge in [-0.2, -0.15) is 0 Å². The van der Waals surface area contributed by atoms with Crippen molar-refractivity contribution in [2.45, 2.75) is 18.7 Å². The van der Waals surface area contributed by atoms with Gasteiger partial charge in [-0.25, -0.2) is 13.4 Å². The van der Waals surface area contributed by atoms with Gasteiger partial charge in [0.25, 0.3) is 0 Å². The van der Waals surface area contributed by atoms with Gasteiger partial charge in [-0.05, 0) is 18.1 Å². The van der Waals surface area contributed by atoms with Gasteiger partial charge in [-0.15, -0.1) is 0 Å². The average molecular weight is 272 g/mol. The summed E-state index contributed by atoms with van der Waals surface area (Å²) < 4.78 is 28.4. The van der Waals surface area contributed by atoms with Crippen molar-refractivity contribution in [3.63, 3.8) is 0 Å². The Morgan fingerprint density at radius 3 is 2.78 bits per heavy atom. The van der Waals surface area contributed by atoms with Gasteiger partial charge in [0.2, 0.25) is 0 Å². The Morgan fingerprint density at radius 2 is 2.17 bits per heavy atom. The van der Waals surface area contributed by atoms with E-state index in [2.05, 4.69) is 24.1 Å². The Morgan fingerprint density at radius 1 is 1.44 bits per heavy atom. The summed E-state index contributed by atoms with van der Waals surface area (Å²) in [4.78, 5) is 4.25. The smallest absolute Gasteiger partial charge is 0.179 e. The normalized spacial score (nSPS) is 11.8. The Bertz CT molecular complexity index is 472. The number of aromatic nitrogens is 1. The van der Waals surface area contributed by atoms with Gasteiger partial charge in [0.1, 0.15) is 10.7 Å². The second-order valence-electron chi connectivity index (χ2n) is 4.52. The maximum Gasteiger partial charge on any atom is 0.179 e. The summed E-state index contributed by atoms with van der Waals surface area (Å²) in [6.07, 6.45) is 2.73. The van der Waals surface area contributed by atoms with Gasteiger partial charge >= 0.3 is 0 Å². The van der Waals surface area contributed by atoms with Gasteiger partial charge in [0, 0.05) is 25.6 Å². The lowest BCUT2D eigenvalue weighted by Crippen LogP contribution is -2.14. The Balaban J connectivity index is 2.53. The number of nitrogens with one attached hydrogen (secondary N) is 1. The van der Waals surface area contributed by atoms with Crippen LogP contribution in [0.2, 0.25) is 0 Å². The first-order valence-electron chi connectivity index (χ1n) is 5.88. The van der Waals surface area contributed by atoms with Gasteiger partial charge in [0.05, 0.1) is 6.61 Å². The second-order valence-corrected chi connectivity index (χ2v) is 6.50. The number of rotatable bonds is 7. The maximum atomic E-state index is 11.5. The average Bonchev–Trinajstić information content (AvgIpc) is 2.27. The van der Waals surface area contributed by atoms with Gasteiger partial charge in [0.15, 0.2) is 9.84 Å². The first-order chi connectivity index (χ1) is 8.41. The van der Waals surface area contributed by atoms with E-state index in [4.69, 9.17) is 4.74 Å². The van der Waals surface area contributed by atoms with E-state index in [9.17, 15) is 8.42 Å². The van der Waals surface area contributed by atoms with E-state index in [0.717, 1.165) is 0 Å². The summed E-state index contributed by atoms with van der Waals surface area (Å²) >= 11 is 0. The molecule has 1 heterocycles. The minimum atomic E-state index is -3.26. The summed E-state index contributed by atoms with van der Waals surface area (Å²) in [6.45, 7) is 5.91. The second kappa shape index (κ2) is 6.70. The van der Waals surface area contributed by atoms with E-state index in [1.54, 1.807) is 18.3 Å². The zero-order valence-corrected chi connectivity index (χ0v) is 11.8. The minimum Gasteiger partial charge on any atom is -0.379 e. The number of nitrogens with zero attached hydrogens (tertiary/aromatic N) is 1. The molecule has 0 aliphatic carbocycles. The molecule has 6 heteroatoms. The van der Waals surface area contributed by atoms with Crippen molar-refractivity contribution >= 4 is 15.7 Å². The van der Waals surface area contributed by atoms with Crippen LogP contribution in [0.3, 0.4) is 0 Å². The highest BCUT2D eigenvalue weighted by Gasteiger charge is 2.13. The van der Waals surface area contributed by atoms with E-state index in [1.165, 1.54) is 6.26 Å². The molecular formula is C12H20N2O3S. The molecule has 1 rings (SSSR count). The van der Waals surface area contributed by atoms with Crippen LogP contribution in [0.4, 0.5) is 5.82 Å². The largest absolute Gasteiger partial charge is 0.379 e. The van der Waals surface area contributed by atoms with E-state index in [1.807, 2.05) is 0 Å². The fourth-order valence-electron chi connectivity index (χ4n) is 1.38. The maximum absolute atomic E-state index is 11.5. The van der Waals surface area contributed by atoms with Crippen LogP contribution in [0.1, 0.15) is 13.8 Å². The molecule has 1 aromatic rings. The molecule has 5 nitrogen and oxygen atoms in total. The van der Waals surface area contributed by atoms with Crippen molar-refractivity contribution in [2.24, 2.45) is 5.92 Å². The molecule has 0 atom stereocenters. The lowest BCUT2D eigenvalue weighted by atomic mass is 10.2. The van der Waals surface area contributed by atoms with Crippen molar-refractivity contribution in [3.05, 3.63) is 18.3 Å². The van der Waals surface area contributed by atoms with Crippen molar-refractivity contribution in [2.75, 3.05) is 31.3 Å². The summed E-state index contributed by atoms with van der Waals surface area (Å²) in [6, 6.07) is 3.15. The quantitative estimate of drug-likeness (QED) is 0.763. The fourth-order valence-corrected chi connectivity index (χ4v) is 2.19. The predicted octanol–water partition coefficient (Wildman–Crippen LogP) is 1.57. The van der Waals surface area contributed by atoms with E-state index in [0.29, 0.717) is 31.5 Å². The Labute approximate surface area is 108 Å². The monoisotopic (exact) mass is 272 g/mol. The van der Waals surface area contributed by atoms with Crippen molar-refractivity contribution in [3.8, 4) is 0 Å². The third kappa shape index (κ3) is 5.01. The summed E-state index contributed by atoms with van der Waals surface area (Å²) in [7, 11) is -3.26. The number of sulfone groups is 1. The highest BCUT2D eigenvalue weighted by molar-refractivity contribution is 7.90. The molecule has 0 spiro atoms. The molecule has 18 heavy (non-hydrogen) atoms. The van der Waals surface area contributed by atoms with Crippen molar-refractivity contribution in [1.29, 1.82) is 0 Å². The molecule has 1 aromatic heterocycles. The molecule has 0 unspecified atom stereocenters. The molecular weight excluding hydrogens is 252 g/mol. The highest BCUT2D eigenvalue weighted by Crippen LogP contribution is 2.17. The molecule has 0 aliphatic heterocycles. The molecule has 0 aromatic carbocycles. The van der Waals surface area contributed by atoms with E-state index >= 15 is 0 Å². The zero-order valence-electron chi connectivity index (χ0n) is 11.0. The number of ether oxygens (including phenoxy) is 1. The van der Waals surface area contributed by atoms with Crippen LogP contribution in [0.25, 0.3) is 0 Å². The third-order valence-corrected chi connectivity index (χ3v) is 3.29. The molecule has 0 saturated carbocycles. The molecule has 0 radical (unpaired) electrons. The van der Waals surface area contributed by atoms with Crippen molar-refractivity contribution < 1.29 is 13.2 Å². The Kier molecular flexibility index (Phi) is 5.55. The van der Waals surface area contributed by atoms with Crippen LogP contribution < -0.4 is 5.32 Å². The first-order valence-corrected chi connectivity index (χ1v) is 7.77. The zero-order chi connectivity index (χ0) is 13.6. The third-order valence-electron chi connectivity index (χ3n) is 2.16. The van der Waals surface area contributed by atoms with Crippen LogP contribution >= 0.6 is 0 Å². The number of anilines is 1. The van der Waals surface area contributed by atoms with E-state index in [-0.39, 0.29) is 4.90 Å². The van der Waals surface area contributed by atoms with E-state index < -0.39 is 9.84 Å². The standard InChI is InChI=1S/C12H20N2O3S/c1-10(2)9-17-8-7-14-12-11(18(3,15)16)5-4-6-13-12/h4-6,10H,7-9H2,1-3H3,(H,13,14). The van der Waals surface area contributed by atoms with Crippen LogP contribution in [-0.4, -0.2) is 39.4 Å². The van der Waals surface area contributed by atoms with Gasteiger partial charge in [-0.1, -0.05) is 13.8 Å². The number of hydrogen-bond donors (Lipinski definition) is 1. The number of hydrogen-bond acceptors (Lipinski definition) is 5. The minimum absolute atomic E-state index is 0.217. The first kappa shape index (κ1) is 14.9. The molecule has 0 saturated heterocycles. The van der Waals surface area contributed by atoms with Crippen molar-refractivity contribution in [1.82, 2.24) is 4.98 Å². The summed E-state index contributed by atoms with van der Waals surface area (Å²) in [5.74, 6) is 0.875. The predicted molar refractivity (Wildman–Crippen MR) is 71.5 cm³/mol.